The van der Waals surface area contributed by atoms with Crippen molar-refractivity contribution in [1.82, 2.24) is 15.0 Å². The van der Waals surface area contributed by atoms with Gasteiger partial charge < -0.3 is 9.26 Å². The molecule has 1 saturated carbocycles. The predicted octanol–water partition coefficient (Wildman–Crippen LogP) is 2.25. The van der Waals surface area contributed by atoms with Crippen LogP contribution >= 0.6 is 0 Å². The van der Waals surface area contributed by atoms with E-state index in [1.807, 2.05) is 0 Å². The summed E-state index contributed by atoms with van der Waals surface area (Å²) < 4.78 is 11.2. The Morgan fingerprint density at radius 3 is 2.72 bits per heavy atom. The number of hydrogen-bond acceptors (Lipinski definition) is 5. The number of likely N-dealkylation sites (tertiary alicyclic amines) is 1. The number of nitrogens with zero attached hydrogens (tertiary/aromatic N) is 3. The van der Waals surface area contributed by atoms with Gasteiger partial charge >= 0.3 is 0 Å². The summed E-state index contributed by atoms with van der Waals surface area (Å²) in [5.74, 6) is 1.51. The third-order valence-corrected chi connectivity index (χ3v) is 4.46. The van der Waals surface area contributed by atoms with Crippen LogP contribution in [0.4, 0.5) is 0 Å². The molecule has 1 aromatic heterocycles. The molecule has 1 aromatic rings. The van der Waals surface area contributed by atoms with Crippen molar-refractivity contribution in [1.29, 1.82) is 0 Å². The van der Waals surface area contributed by atoms with E-state index in [9.17, 15) is 0 Å². The molecule has 0 bridgehead atoms. The van der Waals surface area contributed by atoms with Crippen molar-refractivity contribution in [3.05, 3.63) is 11.7 Å². The minimum atomic E-state index is -0.293. The van der Waals surface area contributed by atoms with Crippen LogP contribution in [-0.2, 0) is 10.3 Å². The lowest BCUT2D eigenvalue weighted by Crippen LogP contribution is -2.26. The molecule has 18 heavy (non-hydrogen) atoms. The lowest BCUT2D eigenvalue weighted by molar-refractivity contribution is -0.0178. The highest BCUT2D eigenvalue weighted by Crippen LogP contribution is 2.41. The SMILES string of the molecule is COC1(c2noc([C@@H]3CCCN3C)n2)CCCC1. The van der Waals surface area contributed by atoms with E-state index in [4.69, 9.17) is 9.26 Å². The molecule has 0 aromatic carbocycles. The van der Waals surface area contributed by atoms with Gasteiger partial charge in [0, 0.05) is 7.11 Å². The van der Waals surface area contributed by atoms with Crippen LogP contribution in [0.2, 0.25) is 0 Å². The van der Waals surface area contributed by atoms with Crippen molar-refractivity contribution in [3.8, 4) is 0 Å². The second-order valence-corrected chi connectivity index (χ2v) is 5.50. The van der Waals surface area contributed by atoms with Crippen LogP contribution in [0, 0.1) is 0 Å². The first-order valence-electron chi connectivity index (χ1n) is 6.85. The molecule has 1 aliphatic carbocycles. The van der Waals surface area contributed by atoms with Crippen molar-refractivity contribution in [2.24, 2.45) is 0 Å². The molecule has 1 aliphatic heterocycles. The van der Waals surface area contributed by atoms with Gasteiger partial charge in [-0.15, -0.1) is 0 Å². The van der Waals surface area contributed by atoms with Crippen LogP contribution < -0.4 is 0 Å². The molecule has 0 amide bonds. The van der Waals surface area contributed by atoms with Gasteiger partial charge in [0.15, 0.2) is 0 Å². The Bertz CT molecular complexity index is 412. The first-order valence-corrected chi connectivity index (χ1v) is 6.85. The summed E-state index contributed by atoms with van der Waals surface area (Å²) in [6, 6.07) is 0.293. The van der Waals surface area contributed by atoms with Crippen LogP contribution in [0.15, 0.2) is 4.52 Å². The van der Waals surface area contributed by atoms with Gasteiger partial charge in [0.2, 0.25) is 11.7 Å². The van der Waals surface area contributed by atoms with Crippen molar-refractivity contribution < 1.29 is 9.26 Å². The van der Waals surface area contributed by atoms with Crippen LogP contribution in [0.1, 0.15) is 56.3 Å². The molecule has 0 radical (unpaired) electrons. The summed E-state index contributed by atoms with van der Waals surface area (Å²) >= 11 is 0. The minimum Gasteiger partial charge on any atom is -0.370 e. The third kappa shape index (κ3) is 1.86. The molecule has 1 atom stereocenters. The zero-order chi connectivity index (χ0) is 12.6. The zero-order valence-electron chi connectivity index (χ0n) is 11.2. The van der Waals surface area contributed by atoms with Gasteiger partial charge in [-0.3, -0.25) is 4.90 Å². The van der Waals surface area contributed by atoms with Crippen LogP contribution in [-0.4, -0.2) is 35.7 Å². The highest BCUT2D eigenvalue weighted by molar-refractivity contribution is 5.06. The van der Waals surface area contributed by atoms with Gasteiger partial charge in [-0.1, -0.05) is 5.16 Å². The van der Waals surface area contributed by atoms with Gasteiger partial charge in [0.05, 0.1) is 6.04 Å². The molecule has 100 valence electrons. The van der Waals surface area contributed by atoms with E-state index in [2.05, 4.69) is 22.1 Å². The van der Waals surface area contributed by atoms with E-state index in [-0.39, 0.29) is 5.60 Å². The molecule has 0 spiro atoms. The van der Waals surface area contributed by atoms with Crippen LogP contribution in [0.5, 0.6) is 0 Å². The van der Waals surface area contributed by atoms with E-state index in [1.54, 1.807) is 7.11 Å². The molecule has 2 heterocycles. The lowest BCUT2D eigenvalue weighted by Gasteiger charge is -2.22. The summed E-state index contributed by atoms with van der Waals surface area (Å²) in [4.78, 5) is 6.91. The second kappa shape index (κ2) is 4.63. The molecule has 2 aliphatic rings. The van der Waals surface area contributed by atoms with E-state index >= 15 is 0 Å². The molecule has 0 N–H and O–H groups in total. The second-order valence-electron chi connectivity index (χ2n) is 5.50. The monoisotopic (exact) mass is 251 g/mol. The van der Waals surface area contributed by atoms with Gasteiger partial charge in [0.25, 0.3) is 0 Å². The average Bonchev–Trinajstić information content (AvgIpc) is 3.08. The smallest absolute Gasteiger partial charge is 0.244 e. The Morgan fingerprint density at radius 2 is 2.11 bits per heavy atom. The Kier molecular flexibility index (Phi) is 3.11. The molecule has 5 heteroatoms. The Balaban J connectivity index is 1.84. The normalized spacial score (nSPS) is 28.0. The van der Waals surface area contributed by atoms with Gasteiger partial charge in [-0.05, 0) is 52.1 Å². The standard InChI is InChI=1S/C13H21N3O2/c1-16-9-5-6-10(16)11-14-12(15-18-11)13(17-2)7-3-4-8-13/h10H,3-9H2,1-2H3/t10-/m0/s1. The largest absolute Gasteiger partial charge is 0.370 e. The first-order chi connectivity index (χ1) is 8.75. The van der Waals surface area contributed by atoms with Gasteiger partial charge in [-0.2, -0.15) is 4.98 Å². The number of methoxy groups -OCH3 is 1. The molecular formula is C13H21N3O2. The van der Waals surface area contributed by atoms with Gasteiger partial charge in [-0.25, -0.2) is 0 Å². The zero-order valence-corrected chi connectivity index (χ0v) is 11.2. The number of aromatic nitrogens is 2. The first kappa shape index (κ1) is 12.1. The topological polar surface area (TPSA) is 51.4 Å². The summed E-state index contributed by atoms with van der Waals surface area (Å²) in [5.41, 5.74) is -0.293. The van der Waals surface area contributed by atoms with Crippen molar-refractivity contribution in [2.45, 2.75) is 50.2 Å². The minimum absolute atomic E-state index is 0.293. The Labute approximate surface area is 107 Å². The molecule has 1 saturated heterocycles. The molecule has 2 fully saturated rings. The van der Waals surface area contributed by atoms with E-state index in [0.717, 1.165) is 37.5 Å². The fourth-order valence-corrected chi connectivity index (χ4v) is 3.24. The number of rotatable bonds is 3. The fraction of sp³-hybridized carbons (Fsp3) is 0.846. The van der Waals surface area contributed by atoms with E-state index < -0.39 is 0 Å². The quantitative estimate of drug-likeness (QED) is 0.824. The predicted molar refractivity (Wildman–Crippen MR) is 66.1 cm³/mol. The Hall–Kier alpha value is -0.940. The lowest BCUT2D eigenvalue weighted by atomic mass is 10.0. The van der Waals surface area contributed by atoms with E-state index in [1.165, 1.54) is 19.3 Å². The molecule has 0 unspecified atom stereocenters. The molecule has 5 nitrogen and oxygen atoms in total. The van der Waals surface area contributed by atoms with Gasteiger partial charge in [0.1, 0.15) is 5.60 Å². The maximum absolute atomic E-state index is 5.69. The highest BCUT2D eigenvalue weighted by Gasteiger charge is 2.41. The maximum atomic E-state index is 5.69. The summed E-state index contributed by atoms with van der Waals surface area (Å²) in [7, 11) is 3.87. The molecular weight excluding hydrogens is 230 g/mol. The Morgan fingerprint density at radius 1 is 1.33 bits per heavy atom. The summed E-state index contributed by atoms with van der Waals surface area (Å²) in [5, 5.41) is 4.18. The summed E-state index contributed by atoms with van der Waals surface area (Å²) in [6.07, 6.45) is 6.68. The van der Waals surface area contributed by atoms with Crippen molar-refractivity contribution in [3.63, 3.8) is 0 Å². The molecule has 3 rings (SSSR count). The van der Waals surface area contributed by atoms with Crippen molar-refractivity contribution >= 4 is 0 Å². The van der Waals surface area contributed by atoms with Crippen LogP contribution in [0.25, 0.3) is 0 Å². The number of hydrogen-bond donors (Lipinski definition) is 0. The fourth-order valence-electron chi connectivity index (χ4n) is 3.24. The summed E-state index contributed by atoms with van der Waals surface area (Å²) in [6.45, 7) is 1.11. The average molecular weight is 251 g/mol. The third-order valence-electron chi connectivity index (χ3n) is 4.46. The highest BCUT2D eigenvalue weighted by atomic mass is 16.5. The van der Waals surface area contributed by atoms with Crippen molar-refractivity contribution in [2.75, 3.05) is 20.7 Å². The van der Waals surface area contributed by atoms with E-state index in [0.29, 0.717) is 6.04 Å². The number of ether oxygens (including phenoxy) is 1. The maximum Gasteiger partial charge on any atom is 0.244 e. The van der Waals surface area contributed by atoms with Crippen LogP contribution in [0.3, 0.4) is 0 Å².